The lowest BCUT2D eigenvalue weighted by molar-refractivity contribution is -0.224. The highest BCUT2D eigenvalue weighted by molar-refractivity contribution is 7.86. The molecule has 0 saturated carbocycles. The lowest BCUT2D eigenvalue weighted by atomic mass is 10.1. The molecule has 0 radical (unpaired) electrons. The van der Waals surface area contributed by atoms with Gasteiger partial charge in [-0.15, -0.1) is 0 Å². The summed E-state index contributed by atoms with van der Waals surface area (Å²) >= 11 is 0. The first-order valence-corrected chi connectivity index (χ1v) is 9.58. The zero-order chi connectivity index (χ0) is 18.4. The summed E-state index contributed by atoms with van der Waals surface area (Å²) in [5.41, 5.74) is 0.968. The van der Waals surface area contributed by atoms with Crippen molar-refractivity contribution in [3.8, 4) is 0 Å². The third-order valence-electron chi connectivity index (χ3n) is 4.35. The molecular formula is C17H24O7S. The second-order valence-electron chi connectivity index (χ2n) is 6.84. The average molecular weight is 372 g/mol. The first-order chi connectivity index (χ1) is 11.6. The third-order valence-corrected chi connectivity index (χ3v) is 5.76. The molecule has 0 unspecified atom stereocenters. The van der Waals surface area contributed by atoms with E-state index in [1.54, 1.807) is 32.9 Å². The van der Waals surface area contributed by atoms with Crippen molar-refractivity contribution in [2.75, 3.05) is 7.11 Å². The monoisotopic (exact) mass is 372 g/mol. The van der Waals surface area contributed by atoms with Gasteiger partial charge in [0, 0.05) is 7.11 Å². The Labute approximate surface area is 148 Å². The van der Waals surface area contributed by atoms with Crippen LogP contribution in [-0.4, -0.2) is 52.0 Å². The van der Waals surface area contributed by atoms with Crippen LogP contribution in [0.15, 0.2) is 29.2 Å². The summed E-state index contributed by atoms with van der Waals surface area (Å²) in [5.74, 6) is -0.769. The van der Waals surface area contributed by atoms with Gasteiger partial charge < -0.3 is 18.9 Å². The maximum Gasteiger partial charge on any atom is 0.297 e. The van der Waals surface area contributed by atoms with Gasteiger partial charge in [-0.1, -0.05) is 17.7 Å². The Morgan fingerprint density at radius 2 is 1.80 bits per heavy atom. The standard InChI is InChI=1S/C17H24O7S/c1-10-6-8-12(9-7-10)25(18,19)24-11(2)13-14(20-5)15-16(21-13)23-17(3,4)22-15/h6-9,11,13-16H,1-5H3/t11-,13-,14+,15-,16-/m1/s1. The smallest absolute Gasteiger partial charge is 0.297 e. The van der Waals surface area contributed by atoms with Crippen LogP contribution in [0.25, 0.3) is 0 Å². The molecule has 2 aliphatic rings. The van der Waals surface area contributed by atoms with E-state index in [0.717, 1.165) is 5.56 Å². The van der Waals surface area contributed by atoms with E-state index < -0.39 is 46.6 Å². The molecule has 5 atom stereocenters. The number of rotatable bonds is 5. The van der Waals surface area contributed by atoms with E-state index in [0.29, 0.717) is 0 Å². The summed E-state index contributed by atoms with van der Waals surface area (Å²) in [7, 11) is -2.38. The molecule has 0 amide bonds. The molecule has 2 saturated heterocycles. The fourth-order valence-electron chi connectivity index (χ4n) is 3.17. The van der Waals surface area contributed by atoms with Gasteiger partial charge in [-0.05, 0) is 39.8 Å². The average Bonchev–Trinajstić information content (AvgIpc) is 2.98. The molecule has 0 aliphatic carbocycles. The topological polar surface area (TPSA) is 80.3 Å². The van der Waals surface area contributed by atoms with Crippen molar-refractivity contribution >= 4 is 10.1 Å². The zero-order valence-electron chi connectivity index (χ0n) is 15.0. The normalized spacial score (nSPS) is 32.5. The molecule has 2 heterocycles. The molecule has 8 heteroatoms. The number of aryl methyl sites for hydroxylation is 1. The van der Waals surface area contributed by atoms with Crippen molar-refractivity contribution in [1.82, 2.24) is 0 Å². The first kappa shape index (κ1) is 18.8. The minimum atomic E-state index is -3.91. The lowest BCUT2D eigenvalue weighted by Crippen LogP contribution is -2.42. The summed E-state index contributed by atoms with van der Waals surface area (Å²) < 4.78 is 53.1. The van der Waals surface area contributed by atoms with Crippen molar-refractivity contribution < 1.29 is 31.5 Å². The number of ether oxygens (including phenoxy) is 4. The predicted molar refractivity (Wildman–Crippen MR) is 88.4 cm³/mol. The van der Waals surface area contributed by atoms with E-state index in [9.17, 15) is 8.42 Å². The number of fused-ring (bicyclic) bond motifs is 1. The summed E-state index contributed by atoms with van der Waals surface area (Å²) in [6.45, 7) is 7.10. The molecule has 7 nitrogen and oxygen atoms in total. The minimum Gasteiger partial charge on any atom is -0.376 e. The fraction of sp³-hybridized carbons (Fsp3) is 0.647. The van der Waals surface area contributed by atoms with Crippen LogP contribution in [0.5, 0.6) is 0 Å². The van der Waals surface area contributed by atoms with Gasteiger partial charge in [0.05, 0.1) is 4.90 Å². The molecule has 0 N–H and O–H groups in total. The second-order valence-corrected chi connectivity index (χ2v) is 8.41. The van der Waals surface area contributed by atoms with Crippen LogP contribution in [0.1, 0.15) is 26.3 Å². The zero-order valence-corrected chi connectivity index (χ0v) is 15.8. The maximum atomic E-state index is 12.5. The SMILES string of the molecule is CO[C@@H]1[C@H]2OC(C)(C)O[C@H]2O[C@@H]1[C@@H](C)OS(=O)(=O)c1ccc(C)cc1. The van der Waals surface area contributed by atoms with E-state index in [2.05, 4.69) is 0 Å². The number of hydrogen-bond acceptors (Lipinski definition) is 7. The summed E-state index contributed by atoms with van der Waals surface area (Å²) in [6, 6.07) is 6.48. The van der Waals surface area contributed by atoms with Gasteiger partial charge in [-0.25, -0.2) is 0 Å². The van der Waals surface area contributed by atoms with Gasteiger partial charge >= 0.3 is 0 Å². The van der Waals surface area contributed by atoms with Crippen LogP contribution in [0.2, 0.25) is 0 Å². The van der Waals surface area contributed by atoms with Gasteiger partial charge in [-0.3, -0.25) is 4.18 Å². The van der Waals surface area contributed by atoms with Gasteiger partial charge in [0.25, 0.3) is 10.1 Å². The maximum absolute atomic E-state index is 12.5. The molecule has 25 heavy (non-hydrogen) atoms. The summed E-state index contributed by atoms with van der Waals surface area (Å²) in [4.78, 5) is 0.103. The molecule has 3 rings (SSSR count). The number of methoxy groups -OCH3 is 1. The van der Waals surface area contributed by atoms with Crippen LogP contribution >= 0.6 is 0 Å². The van der Waals surface area contributed by atoms with Crippen LogP contribution in [0.3, 0.4) is 0 Å². The van der Waals surface area contributed by atoms with E-state index in [1.165, 1.54) is 19.2 Å². The third kappa shape index (κ3) is 3.74. The molecular weight excluding hydrogens is 348 g/mol. The van der Waals surface area contributed by atoms with Crippen molar-refractivity contribution in [2.24, 2.45) is 0 Å². The second kappa shape index (κ2) is 6.61. The Bertz CT molecular complexity index is 713. The van der Waals surface area contributed by atoms with Crippen LogP contribution < -0.4 is 0 Å². The fourth-order valence-corrected chi connectivity index (χ4v) is 4.25. The van der Waals surface area contributed by atoms with Gasteiger partial charge in [-0.2, -0.15) is 8.42 Å². The van der Waals surface area contributed by atoms with E-state index in [-0.39, 0.29) is 4.90 Å². The molecule has 2 aliphatic heterocycles. The van der Waals surface area contributed by atoms with Gasteiger partial charge in [0.2, 0.25) is 0 Å². The lowest BCUT2D eigenvalue weighted by Gasteiger charge is -2.28. The van der Waals surface area contributed by atoms with Crippen molar-refractivity contribution in [3.05, 3.63) is 29.8 Å². The highest BCUT2D eigenvalue weighted by Crippen LogP contribution is 2.40. The molecule has 2 fully saturated rings. The van der Waals surface area contributed by atoms with Gasteiger partial charge in [0.1, 0.15) is 24.4 Å². The Kier molecular flexibility index (Phi) is 4.95. The number of hydrogen-bond donors (Lipinski definition) is 0. The van der Waals surface area contributed by atoms with Crippen LogP contribution in [0.4, 0.5) is 0 Å². The predicted octanol–water partition coefficient (Wildman–Crippen LogP) is 1.98. The highest BCUT2D eigenvalue weighted by Gasteiger charge is 2.56. The molecule has 1 aromatic rings. The van der Waals surface area contributed by atoms with Crippen molar-refractivity contribution in [2.45, 2.75) is 69.1 Å². The first-order valence-electron chi connectivity index (χ1n) is 8.17. The van der Waals surface area contributed by atoms with Gasteiger partial charge in [0.15, 0.2) is 12.1 Å². The van der Waals surface area contributed by atoms with Crippen molar-refractivity contribution in [1.29, 1.82) is 0 Å². The molecule has 0 spiro atoms. The van der Waals surface area contributed by atoms with E-state index >= 15 is 0 Å². The number of benzene rings is 1. The van der Waals surface area contributed by atoms with Crippen LogP contribution in [0, 0.1) is 6.92 Å². The minimum absolute atomic E-state index is 0.103. The molecule has 0 aromatic heterocycles. The largest absolute Gasteiger partial charge is 0.376 e. The Balaban J connectivity index is 1.73. The highest BCUT2D eigenvalue weighted by atomic mass is 32.2. The molecule has 1 aromatic carbocycles. The molecule has 140 valence electrons. The van der Waals surface area contributed by atoms with Crippen LogP contribution in [-0.2, 0) is 33.2 Å². The summed E-state index contributed by atoms with van der Waals surface area (Å²) in [5, 5.41) is 0. The Morgan fingerprint density at radius 3 is 2.40 bits per heavy atom. The quantitative estimate of drug-likeness (QED) is 0.731. The van der Waals surface area contributed by atoms with E-state index in [1.807, 2.05) is 6.92 Å². The Morgan fingerprint density at radius 1 is 1.16 bits per heavy atom. The molecule has 0 bridgehead atoms. The Hall–Kier alpha value is -1.03. The van der Waals surface area contributed by atoms with Crippen molar-refractivity contribution in [3.63, 3.8) is 0 Å². The summed E-state index contributed by atoms with van der Waals surface area (Å²) in [6.07, 6.45) is -2.93. The van der Waals surface area contributed by atoms with E-state index in [4.69, 9.17) is 23.1 Å².